The Morgan fingerprint density at radius 2 is 1.73 bits per heavy atom. The van der Waals surface area contributed by atoms with E-state index >= 15 is 0 Å². The zero-order valence-corrected chi connectivity index (χ0v) is 8.03. The van der Waals surface area contributed by atoms with Gasteiger partial charge in [0, 0.05) is 13.2 Å². The molecule has 0 aromatic heterocycles. The standard InChI is InChI=1S/C6H13NO3Si/c1-3-8-11(9-4-2)10-6-5-7/h11H,3-4,6H2,1-2H3. The van der Waals surface area contributed by atoms with Crippen molar-refractivity contribution in [2.24, 2.45) is 0 Å². The molecule has 4 nitrogen and oxygen atoms in total. The van der Waals surface area contributed by atoms with Crippen LogP contribution in [-0.2, 0) is 13.3 Å². The van der Waals surface area contributed by atoms with Crippen molar-refractivity contribution in [2.45, 2.75) is 13.8 Å². The monoisotopic (exact) mass is 175 g/mol. The van der Waals surface area contributed by atoms with E-state index in [-0.39, 0.29) is 6.61 Å². The average Bonchev–Trinajstić information content (AvgIpc) is 2.01. The first-order valence-corrected chi connectivity index (χ1v) is 4.98. The minimum absolute atomic E-state index is 0.0525. The molecule has 0 aliphatic heterocycles. The highest BCUT2D eigenvalue weighted by molar-refractivity contribution is 6.36. The molecule has 0 radical (unpaired) electrons. The van der Waals surface area contributed by atoms with E-state index in [1.54, 1.807) is 0 Å². The Kier molecular flexibility index (Phi) is 7.40. The molecule has 5 heteroatoms. The molecule has 0 heterocycles. The lowest BCUT2D eigenvalue weighted by atomic mass is 10.9. The first kappa shape index (κ1) is 10.6. The van der Waals surface area contributed by atoms with Crippen LogP contribution >= 0.6 is 0 Å². The molecule has 0 amide bonds. The van der Waals surface area contributed by atoms with Crippen LogP contribution in [0.25, 0.3) is 0 Å². The number of nitriles is 1. The highest BCUT2D eigenvalue weighted by Gasteiger charge is 2.12. The van der Waals surface area contributed by atoms with E-state index in [0.717, 1.165) is 0 Å². The van der Waals surface area contributed by atoms with Gasteiger partial charge in [0.1, 0.15) is 6.61 Å². The van der Waals surface area contributed by atoms with Gasteiger partial charge >= 0.3 is 9.53 Å². The first-order valence-electron chi connectivity index (χ1n) is 3.56. The fourth-order valence-corrected chi connectivity index (χ4v) is 1.57. The highest BCUT2D eigenvalue weighted by Crippen LogP contribution is 1.91. The molecule has 64 valence electrons. The smallest absolute Gasteiger partial charge is 0.376 e. The second-order valence-corrected chi connectivity index (χ2v) is 3.25. The van der Waals surface area contributed by atoms with Gasteiger partial charge in [-0.05, 0) is 13.8 Å². The van der Waals surface area contributed by atoms with E-state index in [4.69, 9.17) is 18.5 Å². The van der Waals surface area contributed by atoms with Crippen LogP contribution in [-0.4, -0.2) is 29.3 Å². The predicted molar refractivity (Wildman–Crippen MR) is 42.0 cm³/mol. The Morgan fingerprint density at radius 3 is 2.09 bits per heavy atom. The van der Waals surface area contributed by atoms with E-state index in [0.29, 0.717) is 13.2 Å². The Morgan fingerprint density at radius 1 is 1.18 bits per heavy atom. The maximum absolute atomic E-state index is 8.19. The third-order valence-corrected chi connectivity index (χ3v) is 2.54. The molecule has 0 saturated heterocycles. The van der Waals surface area contributed by atoms with Crippen LogP contribution in [0.1, 0.15) is 13.8 Å². The molecule has 0 bridgehead atoms. The van der Waals surface area contributed by atoms with Gasteiger partial charge in [0.15, 0.2) is 0 Å². The topological polar surface area (TPSA) is 51.5 Å². The maximum atomic E-state index is 8.19. The van der Waals surface area contributed by atoms with E-state index < -0.39 is 9.53 Å². The fraction of sp³-hybridized carbons (Fsp3) is 0.833. The molecule has 0 unspecified atom stereocenters. The van der Waals surface area contributed by atoms with Gasteiger partial charge in [0.05, 0.1) is 6.07 Å². The Bertz CT molecular complexity index is 119. The summed E-state index contributed by atoms with van der Waals surface area (Å²) in [6.45, 7) is 4.94. The van der Waals surface area contributed by atoms with Crippen molar-refractivity contribution in [3.05, 3.63) is 0 Å². The predicted octanol–water partition coefficient (Wildman–Crippen LogP) is 0.317. The van der Waals surface area contributed by atoms with Crippen molar-refractivity contribution < 1.29 is 13.3 Å². The summed E-state index contributed by atoms with van der Waals surface area (Å²) in [5, 5.41) is 8.19. The summed E-state index contributed by atoms with van der Waals surface area (Å²) in [6.07, 6.45) is 0. The van der Waals surface area contributed by atoms with Crippen molar-refractivity contribution in [1.82, 2.24) is 0 Å². The van der Waals surface area contributed by atoms with Gasteiger partial charge in [-0.2, -0.15) is 5.26 Å². The van der Waals surface area contributed by atoms with Crippen molar-refractivity contribution in [1.29, 1.82) is 5.26 Å². The van der Waals surface area contributed by atoms with Crippen molar-refractivity contribution in [3.63, 3.8) is 0 Å². The second-order valence-electron chi connectivity index (χ2n) is 1.67. The molecular formula is C6H13NO3Si. The van der Waals surface area contributed by atoms with Gasteiger partial charge in [-0.3, -0.25) is 0 Å². The van der Waals surface area contributed by atoms with E-state index in [2.05, 4.69) is 0 Å². The lowest BCUT2D eigenvalue weighted by Gasteiger charge is -2.11. The molecule has 0 aliphatic carbocycles. The van der Waals surface area contributed by atoms with E-state index in [1.165, 1.54) is 0 Å². The fourth-order valence-electron chi connectivity index (χ4n) is 0.522. The molecule has 0 saturated carbocycles. The van der Waals surface area contributed by atoms with E-state index in [1.807, 2.05) is 19.9 Å². The van der Waals surface area contributed by atoms with Crippen LogP contribution in [0.2, 0.25) is 0 Å². The SMILES string of the molecule is CCO[SiH](OCC)OCC#N. The lowest BCUT2D eigenvalue weighted by Crippen LogP contribution is -2.27. The molecule has 11 heavy (non-hydrogen) atoms. The summed E-state index contributed by atoms with van der Waals surface area (Å²) in [7, 11) is -1.97. The van der Waals surface area contributed by atoms with Crippen LogP contribution in [0.5, 0.6) is 0 Å². The average molecular weight is 175 g/mol. The van der Waals surface area contributed by atoms with Gasteiger partial charge in [-0.1, -0.05) is 0 Å². The molecule has 0 N–H and O–H groups in total. The summed E-state index contributed by atoms with van der Waals surface area (Å²) in [5.74, 6) is 0. The second kappa shape index (κ2) is 7.69. The number of rotatable bonds is 6. The van der Waals surface area contributed by atoms with Crippen LogP contribution in [0, 0.1) is 11.3 Å². The summed E-state index contributed by atoms with van der Waals surface area (Å²) < 4.78 is 15.3. The first-order chi connectivity index (χ1) is 5.35. The number of hydrogen-bond donors (Lipinski definition) is 0. The zero-order chi connectivity index (χ0) is 8.53. The van der Waals surface area contributed by atoms with Gasteiger partial charge < -0.3 is 13.3 Å². The molecule has 0 atom stereocenters. The normalized spacial score (nSPS) is 10.0. The van der Waals surface area contributed by atoms with Crippen molar-refractivity contribution in [2.75, 3.05) is 19.8 Å². The Hall–Kier alpha value is -0.413. The van der Waals surface area contributed by atoms with Gasteiger partial charge in [0.2, 0.25) is 0 Å². The zero-order valence-electron chi connectivity index (χ0n) is 6.87. The molecule has 0 spiro atoms. The Balaban J connectivity index is 3.44. The number of hydrogen-bond acceptors (Lipinski definition) is 4. The minimum atomic E-state index is -1.97. The molecule has 0 rings (SSSR count). The molecule has 0 aliphatic rings. The van der Waals surface area contributed by atoms with E-state index in [9.17, 15) is 0 Å². The molecular weight excluding hydrogens is 162 g/mol. The third-order valence-electron chi connectivity index (χ3n) is 0.889. The quantitative estimate of drug-likeness (QED) is 0.545. The molecule has 0 fully saturated rings. The van der Waals surface area contributed by atoms with Crippen LogP contribution in [0.3, 0.4) is 0 Å². The van der Waals surface area contributed by atoms with Gasteiger partial charge in [0.25, 0.3) is 0 Å². The number of nitrogens with zero attached hydrogens (tertiary/aromatic N) is 1. The minimum Gasteiger partial charge on any atom is -0.376 e. The maximum Gasteiger partial charge on any atom is 0.485 e. The molecule has 0 aromatic rings. The van der Waals surface area contributed by atoms with Gasteiger partial charge in [-0.15, -0.1) is 0 Å². The van der Waals surface area contributed by atoms with Crippen LogP contribution in [0.15, 0.2) is 0 Å². The van der Waals surface area contributed by atoms with Gasteiger partial charge in [-0.25, -0.2) is 0 Å². The van der Waals surface area contributed by atoms with Crippen molar-refractivity contribution in [3.8, 4) is 6.07 Å². The van der Waals surface area contributed by atoms with Crippen LogP contribution in [0.4, 0.5) is 0 Å². The largest absolute Gasteiger partial charge is 0.485 e. The summed E-state index contributed by atoms with van der Waals surface area (Å²) in [5.41, 5.74) is 0. The third kappa shape index (κ3) is 6.00. The van der Waals surface area contributed by atoms with Crippen molar-refractivity contribution >= 4 is 9.53 Å². The Labute approximate surface area is 68.6 Å². The summed E-state index contributed by atoms with van der Waals surface area (Å²) in [4.78, 5) is 0. The molecule has 0 aromatic carbocycles. The summed E-state index contributed by atoms with van der Waals surface area (Å²) >= 11 is 0. The van der Waals surface area contributed by atoms with Crippen LogP contribution < -0.4 is 0 Å². The lowest BCUT2D eigenvalue weighted by molar-refractivity contribution is 0.113. The summed E-state index contributed by atoms with van der Waals surface area (Å²) in [6, 6.07) is 1.87. The highest BCUT2D eigenvalue weighted by atomic mass is 28.3.